The highest BCUT2D eigenvalue weighted by Gasteiger charge is 2.29. The van der Waals surface area contributed by atoms with Crippen LogP contribution in [0, 0.1) is 3.57 Å². The molecule has 15 heavy (non-hydrogen) atoms. The predicted molar refractivity (Wildman–Crippen MR) is 63.9 cm³/mol. The van der Waals surface area contributed by atoms with Crippen molar-refractivity contribution in [2.45, 2.75) is 6.42 Å². The average Bonchev–Trinajstić information content (AvgIpc) is 2.50. The minimum absolute atomic E-state index is 0.0364. The summed E-state index contributed by atoms with van der Waals surface area (Å²) < 4.78 is 0.816. The zero-order valence-electron chi connectivity index (χ0n) is 7.54. The fourth-order valence-corrected chi connectivity index (χ4v) is 1.79. The van der Waals surface area contributed by atoms with Crippen molar-refractivity contribution in [2.75, 3.05) is 11.4 Å². The Morgan fingerprint density at radius 1 is 1.47 bits per heavy atom. The summed E-state index contributed by atoms with van der Waals surface area (Å²) >= 11 is 7.95. The fraction of sp³-hybridized carbons (Fsp3) is 0.222. The van der Waals surface area contributed by atoms with Gasteiger partial charge in [-0.25, -0.2) is 4.98 Å². The molecule has 0 bridgehead atoms. The van der Waals surface area contributed by atoms with Gasteiger partial charge in [0.25, 0.3) is 0 Å². The largest absolute Gasteiger partial charge is 0.297 e. The van der Waals surface area contributed by atoms with Crippen LogP contribution in [0.2, 0.25) is 5.02 Å². The SMILES string of the molecule is O=C1CC(=O)N(c2cc(Cl)c(I)cn2)C1. The Balaban J connectivity index is 2.34. The first-order valence-electron chi connectivity index (χ1n) is 4.21. The zero-order valence-corrected chi connectivity index (χ0v) is 10.4. The van der Waals surface area contributed by atoms with Crippen LogP contribution < -0.4 is 4.90 Å². The number of carbonyl (C=O) groups is 2. The minimum Gasteiger partial charge on any atom is -0.297 e. The van der Waals surface area contributed by atoms with Crippen molar-refractivity contribution >= 4 is 51.7 Å². The first-order chi connectivity index (χ1) is 7.08. The summed E-state index contributed by atoms with van der Waals surface area (Å²) in [7, 11) is 0. The Kier molecular flexibility index (Phi) is 2.92. The van der Waals surface area contributed by atoms with Crippen LogP contribution in [0.25, 0.3) is 0 Å². The van der Waals surface area contributed by atoms with E-state index in [-0.39, 0.29) is 24.7 Å². The lowest BCUT2D eigenvalue weighted by atomic mass is 10.3. The third kappa shape index (κ3) is 2.12. The molecule has 1 amide bonds. The molecule has 0 saturated carbocycles. The monoisotopic (exact) mass is 336 g/mol. The maximum atomic E-state index is 11.4. The predicted octanol–water partition coefficient (Wildman–Crippen LogP) is 1.65. The molecule has 6 heteroatoms. The number of ketones is 1. The molecule has 0 radical (unpaired) electrons. The summed E-state index contributed by atoms with van der Waals surface area (Å²) in [6, 6.07) is 1.60. The molecule has 0 aliphatic carbocycles. The summed E-state index contributed by atoms with van der Waals surface area (Å²) in [5.74, 6) is 0.137. The van der Waals surface area contributed by atoms with E-state index in [2.05, 4.69) is 4.98 Å². The standard InChI is InChI=1S/C9H6ClIN2O2/c10-6-2-8(12-3-7(6)11)13-4-5(14)1-9(13)15/h2-3H,1,4H2. The van der Waals surface area contributed by atoms with Crippen LogP contribution in [0.3, 0.4) is 0 Å². The molecule has 0 atom stereocenters. The highest BCUT2D eigenvalue weighted by molar-refractivity contribution is 14.1. The molecule has 1 aromatic rings. The number of hydrogen-bond donors (Lipinski definition) is 0. The van der Waals surface area contributed by atoms with Gasteiger partial charge < -0.3 is 0 Å². The number of aromatic nitrogens is 1. The maximum Gasteiger partial charge on any atom is 0.236 e. The molecule has 78 valence electrons. The van der Waals surface area contributed by atoms with Gasteiger partial charge in [0.1, 0.15) is 5.82 Å². The normalized spacial score (nSPS) is 16.3. The Bertz CT molecular complexity index is 450. The molecule has 0 unspecified atom stereocenters. The number of anilines is 1. The van der Waals surface area contributed by atoms with Crippen LogP contribution in [0.1, 0.15) is 6.42 Å². The molecule has 1 aromatic heterocycles. The van der Waals surface area contributed by atoms with Gasteiger partial charge in [0, 0.05) is 12.3 Å². The lowest BCUT2D eigenvalue weighted by molar-refractivity contribution is -0.121. The molecule has 0 spiro atoms. The van der Waals surface area contributed by atoms with Gasteiger partial charge in [-0.2, -0.15) is 0 Å². The molecule has 1 aliphatic heterocycles. The van der Waals surface area contributed by atoms with E-state index < -0.39 is 0 Å². The van der Waals surface area contributed by atoms with Crippen molar-refractivity contribution in [3.8, 4) is 0 Å². The number of Topliss-reactive ketones (excluding diaryl/α,β-unsaturated/α-hetero) is 1. The molecule has 2 rings (SSSR count). The van der Waals surface area contributed by atoms with E-state index in [0.717, 1.165) is 3.57 Å². The highest BCUT2D eigenvalue weighted by Crippen LogP contribution is 2.24. The molecule has 2 heterocycles. The quantitative estimate of drug-likeness (QED) is 0.579. The van der Waals surface area contributed by atoms with Crippen molar-refractivity contribution in [2.24, 2.45) is 0 Å². The third-order valence-corrected chi connectivity index (χ3v) is 3.55. The third-order valence-electron chi connectivity index (χ3n) is 2.05. The van der Waals surface area contributed by atoms with Crippen LogP contribution in [-0.2, 0) is 9.59 Å². The van der Waals surface area contributed by atoms with E-state index >= 15 is 0 Å². The summed E-state index contributed by atoms with van der Waals surface area (Å²) in [4.78, 5) is 27.9. The first-order valence-corrected chi connectivity index (χ1v) is 5.66. The Labute approximate surface area is 105 Å². The van der Waals surface area contributed by atoms with Crippen molar-refractivity contribution in [1.82, 2.24) is 4.98 Å². The van der Waals surface area contributed by atoms with Gasteiger partial charge in [-0.15, -0.1) is 0 Å². The van der Waals surface area contributed by atoms with E-state index in [1.54, 1.807) is 12.3 Å². The molecule has 0 aromatic carbocycles. The number of hydrogen-bond acceptors (Lipinski definition) is 3. The van der Waals surface area contributed by atoms with E-state index in [9.17, 15) is 9.59 Å². The second-order valence-electron chi connectivity index (χ2n) is 3.15. The Morgan fingerprint density at radius 2 is 2.20 bits per heavy atom. The van der Waals surface area contributed by atoms with Crippen LogP contribution in [0.5, 0.6) is 0 Å². The molecular formula is C9H6ClIN2O2. The van der Waals surface area contributed by atoms with E-state index in [1.807, 2.05) is 22.6 Å². The van der Waals surface area contributed by atoms with E-state index in [0.29, 0.717) is 10.8 Å². The van der Waals surface area contributed by atoms with Gasteiger partial charge in [0.15, 0.2) is 5.78 Å². The number of carbonyl (C=O) groups excluding carboxylic acids is 2. The molecule has 0 N–H and O–H groups in total. The summed E-state index contributed by atoms with van der Waals surface area (Å²) in [6.45, 7) is 0.1000. The lowest BCUT2D eigenvalue weighted by Crippen LogP contribution is -2.25. The molecular weight excluding hydrogens is 330 g/mol. The van der Waals surface area contributed by atoms with Crippen molar-refractivity contribution in [1.29, 1.82) is 0 Å². The molecule has 1 saturated heterocycles. The van der Waals surface area contributed by atoms with E-state index in [4.69, 9.17) is 11.6 Å². The van der Waals surface area contributed by atoms with Gasteiger partial charge in [-0.05, 0) is 22.6 Å². The number of nitrogens with zero attached hydrogens (tertiary/aromatic N) is 2. The first kappa shape index (κ1) is 10.8. The molecule has 1 fully saturated rings. The van der Waals surface area contributed by atoms with Gasteiger partial charge in [0.05, 0.1) is 21.6 Å². The number of amides is 1. The van der Waals surface area contributed by atoms with Gasteiger partial charge in [-0.1, -0.05) is 11.6 Å². The zero-order chi connectivity index (χ0) is 11.0. The second kappa shape index (κ2) is 4.05. The number of rotatable bonds is 1. The van der Waals surface area contributed by atoms with Gasteiger partial charge >= 0.3 is 0 Å². The highest BCUT2D eigenvalue weighted by atomic mass is 127. The lowest BCUT2D eigenvalue weighted by Gasteiger charge is -2.13. The van der Waals surface area contributed by atoms with Crippen molar-refractivity contribution in [3.63, 3.8) is 0 Å². The van der Waals surface area contributed by atoms with Crippen LogP contribution in [0.4, 0.5) is 5.82 Å². The summed E-state index contributed by atoms with van der Waals surface area (Å²) in [5.41, 5.74) is 0. The molecule has 1 aliphatic rings. The maximum absolute atomic E-state index is 11.4. The number of halogens is 2. The Morgan fingerprint density at radius 3 is 2.73 bits per heavy atom. The minimum atomic E-state index is -0.218. The topological polar surface area (TPSA) is 50.3 Å². The van der Waals surface area contributed by atoms with Crippen LogP contribution in [-0.4, -0.2) is 23.2 Å². The van der Waals surface area contributed by atoms with Crippen LogP contribution in [0.15, 0.2) is 12.3 Å². The van der Waals surface area contributed by atoms with Crippen molar-refractivity contribution in [3.05, 3.63) is 20.9 Å². The average molecular weight is 337 g/mol. The second-order valence-corrected chi connectivity index (χ2v) is 4.72. The van der Waals surface area contributed by atoms with Crippen LogP contribution >= 0.6 is 34.2 Å². The molecule has 4 nitrogen and oxygen atoms in total. The fourth-order valence-electron chi connectivity index (χ4n) is 1.34. The number of pyridine rings is 1. The summed E-state index contributed by atoms with van der Waals surface area (Å²) in [5, 5.41) is 0.535. The smallest absolute Gasteiger partial charge is 0.236 e. The van der Waals surface area contributed by atoms with Crippen molar-refractivity contribution < 1.29 is 9.59 Å². The van der Waals surface area contributed by atoms with Gasteiger partial charge in [-0.3, -0.25) is 14.5 Å². The Hall–Kier alpha value is -0.690. The summed E-state index contributed by atoms with van der Waals surface area (Å²) in [6.07, 6.45) is 1.54. The van der Waals surface area contributed by atoms with E-state index in [1.165, 1.54) is 4.90 Å². The van der Waals surface area contributed by atoms with Gasteiger partial charge in [0.2, 0.25) is 5.91 Å².